The largest absolute Gasteiger partial charge is 0.454 e. The van der Waals surface area contributed by atoms with Crippen molar-refractivity contribution in [2.45, 2.75) is 6.54 Å². The number of thiazole rings is 1. The van der Waals surface area contributed by atoms with Crippen molar-refractivity contribution in [3.05, 3.63) is 34.8 Å². The van der Waals surface area contributed by atoms with Crippen LogP contribution in [0.2, 0.25) is 0 Å². The minimum absolute atomic E-state index is 0.304. The summed E-state index contributed by atoms with van der Waals surface area (Å²) in [5.74, 6) is 1.17. The molecule has 2 aromatic rings. The number of nitrogens with two attached hydrogens (primary N) is 1. The van der Waals surface area contributed by atoms with E-state index in [1.54, 1.807) is 5.38 Å². The van der Waals surface area contributed by atoms with Crippen molar-refractivity contribution in [1.82, 2.24) is 9.88 Å². The Morgan fingerprint density at radius 2 is 2.00 bits per heavy atom. The molecule has 7 nitrogen and oxygen atoms in total. The number of piperazine rings is 1. The Hall–Kier alpha value is -2.32. The molecule has 0 unspecified atom stereocenters. The average molecular weight is 346 g/mol. The number of benzene rings is 1. The van der Waals surface area contributed by atoms with Gasteiger partial charge in [-0.15, -0.1) is 11.3 Å². The summed E-state index contributed by atoms with van der Waals surface area (Å²) in [5, 5.41) is 2.59. The molecule has 0 radical (unpaired) electrons. The first kappa shape index (κ1) is 15.2. The molecule has 1 amide bonds. The lowest BCUT2D eigenvalue weighted by Crippen LogP contribution is -2.46. The van der Waals surface area contributed by atoms with Gasteiger partial charge in [-0.3, -0.25) is 9.69 Å². The molecule has 0 aliphatic carbocycles. The summed E-state index contributed by atoms with van der Waals surface area (Å²) in [7, 11) is 0. The Morgan fingerprint density at radius 1 is 1.21 bits per heavy atom. The molecule has 1 saturated heterocycles. The second-order valence-corrected chi connectivity index (χ2v) is 6.67. The Kier molecular flexibility index (Phi) is 3.99. The summed E-state index contributed by atoms with van der Waals surface area (Å²) < 4.78 is 10.8. The number of carbonyl (C=O) groups excluding carboxylic acids is 1. The second-order valence-electron chi connectivity index (χ2n) is 5.83. The van der Waals surface area contributed by atoms with E-state index >= 15 is 0 Å². The van der Waals surface area contributed by atoms with Crippen LogP contribution in [0, 0.1) is 0 Å². The molecular weight excluding hydrogens is 328 g/mol. The summed E-state index contributed by atoms with van der Waals surface area (Å²) in [6.07, 6.45) is 0. The second kappa shape index (κ2) is 6.29. The Labute approximate surface area is 143 Å². The Morgan fingerprint density at radius 3 is 2.75 bits per heavy atom. The van der Waals surface area contributed by atoms with Crippen LogP contribution in [-0.4, -0.2) is 48.8 Å². The van der Waals surface area contributed by atoms with E-state index in [1.165, 1.54) is 16.9 Å². The third-order valence-electron chi connectivity index (χ3n) is 4.23. The van der Waals surface area contributed by atoms with Gasteiger partial charge in [0.2, 0.25) is 6.79 Å². The fraction of sp³-hybridized carbons (Fsp3) is 0.375. The van der Waals surface area contributed by atoms with Crippen molar-refractivity contribution in [3.8, 4) is 11.5 Å². The highest BCUT2D eigenvalue weighted by atomic mass is 32.1. The molecule has 126 valence electrons. The molecule has 0 bridgehead atoms. The third-order valence-corrected chi connectivity index (χ3v) is 5.13. The molecule has 4 rings (SSSR count). The van der Waals surface area contributed by atoms with Crippen LogP contribution in [0.15, 0.2) is 23.6 Å². The van der Waals surface area contributed by atoms with Gasteiger partial charge in [-0.25, -0.2) is 4.98 Å². The first-order valence-corrected chi connectivity index (χ1v) is 8.68. The number of anilines is 1. The molecule has 2 aliphatic heterocycles. The molecule has 0 spiro atoms. The number of ether oxygens (including phenoxy) is 2. The lowest BCUT2D eigenvalue weighted by Gasteiger charge is -2.34. The van der Waals surface area contributed by atoms with Gasteiger partial charge in [0.05, 0.1) is 0 Å². The van der Waals surface area contributed by atoms with Crippen LogP contribution in [0.1, 0.15) is 16.1 Å². The zero-order chi connectivity index (χ0) is 16.5. The van der Waals surface area contributed by atoms with Gasteiger partial charge < -0.3 is 20.1 Å². The summed E-state index contributed by atoms with van der Waals surface area (Å²) in [6, 6.07) is 6.10. The van der Waals surface area contributed by atoms with Crippen LogP contribution >= 0.6 is 11.3 Å². The number of rotatable bonds is 4. The lowest BCUT2D eigenvalue weighted by atomic mass is 10.1. The normalized spacial score (nSPS) is 17.2. The number of fused-ring (bicyclic) bond motifs is 1. The van der Waals surface area contributed by atoms with Crippen LogP contribution in [0.4, 0.5) is 5.13 Å². The lowest BCUT2D eigenvalue weighted by molar-refractivity contribution is 0.0996. The van der Waals surface area contributed by atoms with Crippen molar-refractivity contribution >= 4 is 22.4 Å². The maximum atomic E-state index is 11.2. The van der Waals surface area contributed by atoms with Gasteiger partial charge in [0.1, 0.15) is 5.69 Å². The molecule has 2 N–H and O–H groups in total. The zero-order valence-electron chi connectivity index (χ0n) is 13.1. The molecule has 8 heteroatoms. The maximum absolute atomic E-state index is 11.2. The fourth-order valence-corrected chi connectivity index (χ4v) is 3.79. The number of amides is 1. The Bertz CT molecular complexity index is 756. The number of hydrogen-bond acceptors (Lipinski definition) is 7. The molecule has 0 atom stereocenters. The summed E-state index contributed by atoms with van der Waals surface area (Å²) in [5.41, 5.74) is 6.83. The first-order chi connectivity index (χ1) is 11.7. The summed E-state index contributed by atoms with van der Waals surface area (Å²) >= 11 is 1.47. The van der Waals surface area contributed by atoms with Crippen LogP contribution < -0.4 is 20.1 Å². The van der Waals surface area contributed by atoms with E-state index in [-0.39, 0.29) is 0 Å². The van der Waals surface area contributed by atoms with Gasteiger partial charge in [0.15, 0.2) is 16.6 Å². The topological polar surface area (TPSA) is 80.9 Å². The van der Waals surface area contributed by atoms with Crippen LogP contribution in [0.25, 0.3) is 0 Å². The maximum Gasteiger partial charge on any atom is 0.268 e. The number of hydrogen-bond donors (Lipinski definition) is 1. The van der Waals surface area contributed by atoms with Gasteiger partial charge in [0, 0.05) is 38.1 Å². The molecule has 1 aromatic carbocycles. The summed E-state index contributed by atoms with van der Waals surface area (Å²) in [6.45, 7) is 4.85. The van der Waals surface area contributed by atoms with Crippen molar-refractivity contribution in [2.75, 3.05) is 37.9 Å². The van der Waals surface area contributed by atoms with Gasteiger partial charge in [-0.2, -0.15) is 0 Å². The van der Waals surface area contributed by atoms with E-state index in [0.717, 1.165) is 49.4 Å². The van der Waals surface area contributed by atoms with E-state index in [2.05, 4.69) is 26.9 Å². The number of carbonyl (C=O) groups is 1. The van der Waals surface area contributed by atoms with E-state index in [1.807, 2.05) is 6.07 Å². The third kappa shape index (κ3) is 3.02. The van der Waals surface area contributed by atoms with Crippen LogP contribution in [0.5, 0.6) is 11.5 Å². The predicted octanol–water partition coefficient (Wildman–Crippen LogP) is 1.29. The van der Waals surface area contributed by atoms with Gasteiger partial charge in [0.25, 0.3) is 5.91 Å². The van der Waals surface area contributed by atoms with Crippen LogP contribution in [-0.2, 0) is 6.54 Å². The molecule has 24 heavy (non-hydrogen) atoms. The minimum Gasteiger partial charge on any atom is -0.454 e. The van der Waals surface area contributed by atoms with Crippen LogP contribution in [0.3, 0.4) is 0 Å². The Balaban J connectivity index is 1.35. The van der Waals surface area contributed by atoms with Gasteiger partial charge in [-0.1, -0.05) is 6.07 Å². The molecule has 0 saturated carbocycles. The number of primary amides is 1. The predicted molar refractivity (Wildman–Crippen MR) is 90.7 cm³/mol. The van der Waals surface area contributed by atoms with Crippen molar-refractivity contribution in [2.24, 2.45) is 5.73 Å². The average Bonchev–Trinajstić information content (AvgIpc) is 3.24. The summed E-state index contributed by atoms with van der Waals surface area (Å²) in [4.78, 5) is 20.1. The number of aromatic nitrogens is 1. The molecule has 1 fully saturated rings. The van der Waals surface area contributed by atoms with Crippen molar-refractivity contribution in [3.63, 3.8) is 0 Å². The fourth-order valence-electron chi connectivity index (χ4n) is 2.92. The van der Waals surface area contributed by atoms with E-state index in [4.69, 9.17) is 15.2 Å². The standard InChI is InChI=1S/C16H18N4O3S/c17-15(21)12-9-24-16(18-12)20-5-3-19(4-6-20)8-11-1-2-13-14(7-11)23-10-22-13/h1-2,7,9H,3-6,8,10H2,(H2,17,21). The smallest absolute Gasteiger partial charge is 0.268 e. The quantitative estimate of drug-likeness (QED) is 0.899. The highest BCUT2D eigenvalue weighted by Gasteiger charge is 2.21. The highest BCUT2D eigenvalue weighted by molar-refractivity contribution is 7.13. The van der Waals surface area contributed by atoms with E-state index < -0.39 is 5.91 Å². The first-order valence-electron chi connectivity index (χ1n) is 7.80. The molecule has 3 heterocycles. The van der Waals surface area contributed by atoms with Gasteiger partial charge >= 0.3 is 0 Å². The van der Waals surface area contributed by atoms with E-state index in [9.17, 15) is 4.79 Å². The van der Waals surface area contributed by atoms with Crippen molar-refractivity contribution in [1.29, 1.82) is 0 Å². The molecule has 2 aliphatic rings. The molecule has 1 aromatic heterocycles. The highest BCUT2D eigenvalue weighted by Crippen LogP contribution is 2.33. The SMILES string of the molecule is NC(=O)c1csc(N2CCN(Cc3ccc4c(c3)OCO4)CC2)n1. The van der Waals surface area contributed by atoms with Gasteiger partial charge in [-0.05, 0) is 17.7 Å². The molecular formula is C16H18N4O3S. The van der Waals surface area contributed by atoms with Crippen molar-refractivity contribution < 1.29 is 14.3 Å². The van der Waals surface area contributed by atoms with E-state index in [0.29, 0.717) is 12.5 Å². The zero-order valence-corrected chi connectivity index (χ0v) is 13.9. The number of nitrogens with zero attached hydrogens (tertiary/aromatic N) is 3. The monoisotopic (exact) mass is 346 g/mol. The minimum atomic E-state index is -0.473.